The smallest absolute Gasteiger partial charge is 0.111 e. The zero-order valence-corrected chi connectivity index (χ0v) is 14.4. The van der Waals surface area contributed by atoms with Crippen LogP contribution in [0.4, 0.5) is 0 Å². The molecule has 1 aromatic carbocycles. The Morgan fingerprint density at radius 3 is 2.89 bits per heavy atom. The Kier molecular flexibility index (Phi) is 5.51. The van der Waals surface area contributed by atoms with Gasteiger partial charge in [0, 0.05) is 21.9 Å². The molecular formula is C15H20ClIN2. The number of halogens is 2. The lowest BCUT2D eigenvalue weighted by Gasteiger charge is -2.17. The summed E-state index contributed by atoms with van der Waals surface area (Å²) in [5.41, 5.74) is 2.33. The average molecular weight is 391 g/mol. The Morgan fingerprint density at radius 1 is 1.42 bits per heavy atom. The molecule has 2 aromatic rings. The van der Waals surface area contributed by atoms with Crippen LogP contribution in [-0.2, 0) is 6.42 Å². The fourth-order valence-corrected chi connectivity index (χ4v) is 3.15. The maximum atomic E-state index is 5.92. The molecule has 0 fully saturated rings. The standard InChI is InChI=1S/C15H20ClIN2/c1-3-4-5-11(2)19-14-7-6-12(17)10-13(14)18-15(19)8-9-16/h6-7,10-11H,3-5,8-9H2,1-2H3. The summed E-state index contributed by atoms with van der Waals surface area (Å²) in [7, 11) is 0. The third-order valence-corrected chi connectivity index (χ3v) is 4.32. The zero-order valence-electron chi connectivity index (χ0n) is 11.5. The molecule has 0 aliphatic rings. The zero-order chi connectivity index (χ0) is 13.8. The van der Waals surface area contributed by atoms with E-state index in [2.05, 4.69) is 59.2 Å². The van der Waals surface area contributed by atoms with E-state index in [4.69, 9.17) is 16.6 Å². The van der Waals surface area contributed by atoms with Crippen molar-refractivity contribution in [2.24, 2.45) is 0 Å². The van der Waals surface area contributed by atoms with Gasteiger partial charge in [0.25, 0.3) is 0 Å². The summed E-state index contributed by atoms with van der Waals surface area (Å²) in [5, 5.41) is 0. The Morgan fingerprint density at radius 2 is 2.21 bits per heavy atom. The lowest BCUT2D eigenvalue weighted by Crippen LogP contribution is -2.10. The van der Waals surface area contributed by atoms with Crippen LogP contribution >= 0.6 is 34.2 Å². The summed E-state index contributed by atoms with van der Waals surface area (Å²) in [5.74, 6) is 1.75. The molecule has 0 N–H and O–H groups in total. The molecule has 1 unspecified atom stereocenters. The molecule has 0 bridgehead atoms. The topological polar surface area (TPSA) is 17.8 Å². The Balaban J connectivity index is 2.45. The van der Waals surface area contributed by atoms with E-state index in [1.807, 2.05) is 0 Å². The number of nitrogens with zero attached hydrogens (tertiary/aromatic N) is 2. The first kappa shape index (κ1) is 15.1. The Bertz CT molecular complexity index is 550. The van der Waals surface area contributed by atoms with Crippen molar-refractivity contribution in [3.8, 4) is 0 Å². The van der Waals surface area contributed by atoms with Crippen LogP contribution in [0.25, 0.3) is 11.0 Å². The molecule has 0 saturated carbocycles. The number of alkyl halides is 1. The number of rotatable bonds is 6. The van der Waals surface area contributed by atoms with E-state index < -0.39 is 0 Å². The van der Waals surface area contributed by atoms with Gasteiger partial charge in [0.05, 0.1) is 11.0 Å². The predicted octanol–water partition coefficient (Wildman–Crippen LogP) is 5.17. The van der Waals surface area contributed by atoms with Gasteiger partial charge in [-0.15, -0.1) is 11.6 Å². The van der Waals surface area contributed by atoms with Crippen LogP contribution in [0.2, 0.25) is 0 Å². The van der Waals surface area contributed by atoms with E-state index in [0.29, 0.717) is 11.9 Å². The first-order valence-electron chi connectivity index (χ1n) is 6.89. The van der Waals surface area contributed by atoms with Gasteiger partial charge < -0.3 is 4.57 Å². The molecule has 19 heavy (non-hydrogen) atoms. The van der Waals surface area contributed by atoms with Crippen molar-refractivity contribution in [2.75, 3.05) is 5.88 Å². The van der Waals surface area contributed by atoms with Crippen LogP contribution in [0.15, 0.2) is 18.2 Å². The second kappa shape index (κ2) is 6.93. The van der Waals surface area contributed by atoms with Crippen molar-refractivity contribution in [3.05, 3.63) is 27.6 Å². The van der Waals surface area contributed by atoms with Crippen LogP contribution in [0.3, 0.4) is 0 Å². The van der Waals surface area contributed by atoms with Gasteiger partial charge in [0.15, 0.2) is 0 Å². The van der Waals surface area contributed by atoms with Gasteiger partial charge in [0.2, 0.25) is 0 Å². The highest BCUT2D eigenvalue weighted by molar-refractivity contribution is 14.1. The molecule has 1 atom stereocenters. The molecule has 2 rings (SSSR count). The van der Waals surface area contributed by atoms with Gasteiger partial charge in [-0.05, 0) is 54.1 Å². The third-order valence-electron chi connectivity index (χ3n) is 3.46. The highest BCUT2D eigenvalue weighted by Gasteiger charge is 2.15. The normalized spacial score (nSPS) is 13.1. The minimum atomic E-state index is 0.489. The fraction of sp³-hybridized carbons (Fsp3) is 0.533. The number of hydrogen-bond acceptors (Lipinski definition) is 1. The van der Waals surface area contributed by atoms with E-state index in [9.17, 15) is 0 Å². The van der Waals surface area contributed by atoms with E-state index in [1.54, 1.807) is 0 Å². The second-order valence-electron chi connectivity index (χ2n) is 4.96. The fourth-order valence-electron chi connectivity index (χ4n) is 2.50. The third kappa shape index (κ3) is 3.43. The quantitative estimate of drug-likeness (QED) is 0.491. The molecule has 4 heteroatoms. The molecular weight excluding hydrogens is 371 g/mol. The Labute approximate surface area is 133 Å². The number of imidazole rings is 1. The maximum Gasteiger partial charge on any atom is 0.111 e. The van der Waals surface area contributed by atoms with Gasteiger partial charge in [-0.1, -0.05) is 19.8 Å². The molecule has 104 valence electrons. The monoisotopic (exact) mass is 390 g/mol. The van der Waals surface area contributed by atoms with Crippen molar-refractivity contribution in [3.63, 3.8) is 0 Å². The minimum absolute atomic E-state index is 0.489. The first-order valence-corrected chi connectivity index (χ1v) is 8.51. The van der Waals surface area contributed by atoms with Gasteiger partial charge in [-0.2, -0.15) is 0 Å². The number of fused-ring (bicyclic) bond motifs is 1. The molecule has 1 aromatic heterocycles. The van der Waals surface area contributed by atoms with Crippen molar-refractivity contribution in [1.82, 2.24) is 9.55 Å². The molecule has 2 nitrogen and oxygen atoms in total. The van der Waals surface area contributed by atoms with Crippen molar-refractivity contribution in [1.29, 1.82) is 0 Å². The van der Waals surface area contributed by atoms with Gasteiger partial charge >= 0.3 is 0 Å². The highest BCUT2D eigenvalue weighted by atomic mass is 127. The Hall–Kier alpha value is -0.290. The van der Waals surface area contributed by atoms with Gasteiger partial charge in [-0.25, -0.2) is 4.98 Å². The van der Waals surface area contributed by atoms with Gasteiger partial charge in [-0.3, -0.25) is 0 Å². The number of aromatic nitrogens is 2. The van der Waals surface area contributed by atoms with Crippen LogP contribution in [0.5, 0.6) is 0 Å². The lowest BCUT2D eigenvalue weighted by atomic mass is 10.1. The molecule has 0 spiro atoms. The summed E-state index contributed by atoms with van der Waals surface area (Å²) >= 11 is 8.26. The molecule has 0 aliphatic heterocycles. The predicted molar refractivity (Wildman–Crippen MR) is 91.1 cm³/mol. The van der Waals surface area contributed by atoms with Gasteiger partial charge in [0.1, 0.15) is 5.82 Å². The summed E-state index contributed by atoms with van der Waals surface area (Å²) < 4.78 is 3.61. The van der Waals surface area contributed by atoms with E-state index in [1.165, 1.54) is 28.3 Å². The SMILES string of the molecule is CCCCC(C)n1c(CCCl)nc2cc(I)ccc21. The van der Waals surface area contributed by atoms with Crippen LogP contribution in [0.1, 0.15) is 45.0 Å². The molecule has 0 radical (unpaired) electrons. The average Bonchev–Trinajstić information content (AvgIpc) is 2.73. The molecule has 0 saturated heterocycles. The summed E-state index contributed by atoms with van der Waals surface area (Å²) in [6.45, 7) is 4.52. The van der Waals surface area contributed by atoms with Crippen molar-refractivity contribution < 1.29 is 0 Å². The number of hydrogen-bond donors (Lipinski definition) is 0. The van der Waals surface area contributed by atoms with Crippen LogP contribution < -0.4 is 0 Å². The molecule has 1 heterocycles. The van der Waals surface area contributed by atoms with Crippen molar-refractivity contribution in [2.45, 2.75) is 45.6 Å². The largest absolute Gasteiger partial charge is 0.325 e. The number of aryl methyl sites for hydroxylation is 1. The van der Waals surface area contributed by atoms with Crippen LogP contribution in [-0.4, -0.2) is 15.4 Å². The maximum absolute atomic E-state index is 5.92. The van der Waals surface area contributed by atoms with E-state index in [0.717, 1.165) is 17.8 Å². The van der Waals surface area contributed by atoms with E-state index >= 15 is 0 Å². The summed E-state index contributed by atoms with van der Waals surface area (Å²) in [6.07, 6.45) is 4.53. The highest BCUT2D eigenvalue weighted by Crippen LogP contribution is 2.26. The van der Waals surface area contributed by atoms with Crippen molar-refractivity contribution >= 4 is 45.2 Å². The lowest BCUT2D eigenvalue weighted by molar-refractivity contribution is 0.482. The van der Waals surface area contributed by atoms with E-state index in [-0.39, 0.29) is 0 Å². The summed E-state index contributed by atoms with van der Waals surface area (Å²) in [4.78, 5) is 4.77. The summed E-state index contributed by atoms with van der Waals surface area (Å²) in [6, 6.07) is 6.97. The van der Waals surface area contributed by atoms with Crippen LogP contribution in [0, 0.1) is 3.57 Å². The second-order valence-corrected chi connectivity index (χ2v) is 6.58. The number of unbranched alkanes of at least 4 members (excludes halogenated alkanes) is 1. The minimum Gasteiger partial charge on any atom is -0.325 e. The number of benzene rings is 1. The molecule has 0 amide bonds. The first-order chi connectivity index (χ1) is 9.17. The molecule has 0 aliphatic carbocycles.